The molecule has 2 aromatic carbocycles. The minimum absolute atomic E-state index is 0.210. The molecule has 8 heteroatoms. The van der Waals surface area contributed by atoms with Gasteiger partial charge in [-0.15, -0.1) is 0 Å². The van der Waals surface area contributed by atoms with E-state index >= 15 is 0 Å². The number of carbonyl (C=O) groups excluding carboxylic acids is 1. The molecule has 1 heterocycles. The average Bonchev–Trinajstić information content (AvgIpc) is 3.05. The van der Waals surface area contributed by atoms with Gasteiger partial charge in [0.15, 0.2) is 0 Å². The molecule has 5 nitrogen and oxygen atoms in total. The lowest BCUT2D eigenvalue weighted by atomic mass is 9.97. The summed E-state index contributed by atoms with van der Waals surface area (Å²) in [5.74, 6) is -0.732. The van der Waals surface area contributed by atoms with Gasteiger partial charge in [0.1, 0.15) is 16.2 Å². The molecule has 0 spiro atoms. The normalized spacial score (nSPS) is 12.0. The molecule has 0 N–H and O–H groups in total. The van der Waals surface area contributed by atoms with Crippen molar-refractivity contribution in [2.75, 3.05) is 13.2 Å². The van der Waals surface area contributed by atoms with Crippen LogP contribution in [0.25, 0.3) is 22.0 Å². The van der Waals surface area contributed by atoms with Crippen LogP contribution < -0.4 is 0 Å². The highest BCUT2D eigenvalue weighted by Crippen LogP contribution is 2.31. The predicted molar refractivity (Wildman–Crippen MR) is 142 cm³/mol. The molecule has 3 rings (SSSR count). The number of hydrogen-bond donors (Lipinski definition) is 0. The number of ether oxygens (including phenoxy) is 2. The number of nitrogens with zero attached hydrogens (tertiary/aromatic N) is 2. The van der Waals surface area contributed by atoms with Gasteiger partial charge < -0.3 is 9.47 Å². The predicted octanol–water partition coefficient (Wildman–Crippen LogP) is 6.88. The van der Waals surface area contributed by atoms with E-state index in [2.05, 4.69) is 47.3 Å². The molecular formula is C25H32FIN2O3Si. The number of fused-ring (bicyclic) bond motifs is 1. The Kier molecular flexibility index (Phi) is 8.34. The molecule has 0 aliphatic rings. The van der Waals surface area contributed by atoms with E-state index < -0.39 is 19.9 Å². The standard InChI is InChI=1S/C25H32FIN2O3Si/c1-16(2)14-32-25(30)19-11-21(17(3)22(26)12-19)18-7-8-20-23(13-18)29(28-24(20)27)15-31-9-10-33(4,5)6/h7-8,11-13,16H,9-10,14-15H2,1-6H3. The summed E-state index contributed by atoms with van der Waals surface area (Å²) in [7, 11) is -1.17. The first-order chi connectivity index (χ1) is 15.5. The lowest BCUT2D eigenvalue weighted by Crippen LogP contribution is -2.22. The minimum atomic E-state index is -1.17. The van der Waals surface area contributed by atoms with Crippen LogP contribution in [0, 0.1) is 22.4 Å². The second kappa shape index (κ2) is 10.6. The first-order valence-electron chi connectivity index (χ1n) is 11.2. The maximum Gasteiger partial charge on any atom is 0.338 e. The third-order valence-electron chi connectivity index (χ3n) is 5.36. The Balaban J connectivity index is 1.93. The van der Waals surface area contributed by atoms with Crippen LogP contribution in [0.2, 0.25) is 25.7 Å². The number of halogens is 2. The monoisotopic (exact) mass is 582 g/mol. The maximum absolute atomic E-state index is 14.7. The van der Waals surface area contributed by atoms with E-state index in [1.165, 1.54) is 6.07 Å². The highest BCUT2D eigenvalue weighted by Gasteiger charge is 2.17. The van der Waals surface area contributed by atoms with Gasteiger partial charge in [0.05, 0.1) is 17.7 Å². The third-order valence-corrected chi connectivity index (χ3v) is 7.86. The van der Waals surface area contributed by atoms with Gasteiger partial charge in [-0.1, -0.05) is 39.6 Å². The van der Waals surface area contributed by atoms with Crippen molar-refractivity contribution in [3.8, 4) is 11.1 Å². The fourth-order valence-corrected chi connectivity index (χ4v) is 4.82. The highest BCUT2D eigenvalue weighted by molar-refractivity contribution is 14.1. The van der Waals surface area contributed by atoms with Crippen LogP contribution in [-0.2, 0) is 16.2 Å². The van der Waals surface area contributed by atoms with E-state index in [4.69, 9.17) is 9.47 Å². The summed E-state index contributed by atoms with van der Waals surface area (Å²) < 4.78 is 28.7. The van der Waals surface area contributed by atoms with Crippen molar-refractivity contribution in [3.05, 3.63) is 51.0 Å². The Labute approximate surface area is 209 Å². The molecule has 0 saturated carbocycles. The van der Waals surface area contributed by atoms with Crippen LogP contribution in [0.1, 0.15) is 29.8 Å². The van der Waals surface area contributed by atoms with Crippen LogP contribution in [0.3, 0.4) is 0 Å². The Morgan fingerprint density at radius 1 is 1.21 bits per heavy atom. The summed E-state index contributed by atoms with van der Waals surface area (Å²) in [6.45, 7) is 14.0. The Morgan fingerprint density at radius 2 is 1.94 bits per heavy atom. The van der Waals surface area contributed by atoms with Crippen molar-refractivity contribution in [2.24, 2.45) is 5.92 Å². The summed E-state index contributed by atoms with van der Waals surface area (Å²) in [5, 5.41) is 5.64. The van der Waals surface area contributed by atoms with Crippen molar-refractivity contribution in [1.29, 1.82) is 0 Å². The summed E-state index contributed by atoms with van der Waals surface area (Å²) in [6.07, 6.45) is 0. The topological polar surface area (TPSA) is 53.3 Å². The summed E-state index contributed by atoms with van der Waals surface area (Å²) in [5.41, 5.74) is 3.10. The van der Waals surface area contributed by atoms with Gasteiger partial charge in [-0.2, -0.15) is 5.10 Å². The van der Waals surface area contributed by atoms with E-state index in [9.17, 15) is 9.18 Å². The first kappa shape index (κ1) is 25.8. The highest BCUT2D eigenvalue weighted by atomic mass is 127. The van der Waals surface area contributed by atoms with Gasteiger partial charge in [-0.25, -0.2) is 13.9 Å². The average molecular weight is 583 g/mol. The molecule has 0 atom stereocenters. The fraction of sp³-hybridized carbons (Fsp3) is 0.440. The zero-order chi connectivity index (χ0) is 24.3. The van der Waals surface area contributed by atoms with Crippen molar-refractivity contribution in [2.45, 2.75) is 53.2 Å². The molecule has 0 saturated heterocycles. The summed E-state index contributed by atoms with van der Waals surface area (Å²) in [6, 6.07) is 9.95. The molecule has 0 unspecified atom stereocenters. The summed E-state index contributed by atoms with van der Waals surface area (Å²) in [4.78, 5) is 12.5. The number of rotatable bonds is 9. The molecule has 0 radical (unpaired) electrons. The van der Waals surface area contributed by atoms with Gasteiger partial charge in [0, 0.05) is 20.1 Å². The van der Waals surface area contributed by atoms with E-state index in [1.807, 2.05) is 36.7 Å². The van der Waals surface area contributed by atoms with Crippen molar-refractivity contribution in [3.63, 3.8) is 0 Å². The van der Waals surface area contributed by atoms with Crippen LogP contribution >= 0.6 is 22.6 Å². The SMILES string of the molecule is Cc1c(F)cc(C(=O)OCC(C)C)cc1-c1ccc2c(I)nn(COCC[Si](C)(C)C)c2c1. The van der Waals surface area contributed by atoms with Crippen molar-refractivity contribution in [1.82, 2.24) is 9.78 Å². The quantitative estimate of drug-likeness (QED) is 0.120. The molecule has 0 amide bonds. The number of hydrogen-bond acceptors (Lipinski definition) is 4. The van der Waals surface area contributed by atoms with Crippen LogP contribution in [0.4, 0.5) is 4.39 Å². The van der Waals surface area contributed by atoms with E-state index in [0.717, 1.165) is 26.2 Å². The van der Waals surface area contributed by atoms with Gasteiger partial charge in [0.2, 0.25) is 0 Å². The maximum atomic E-state index is 14.7. The fourth-order valence-electron chi connectivity index (χ4n) is 3.35. The molecule has 0 aliphatic carbocycles. The smallest absolute Gasteiger partial charge is 0.338 e. The van der Waals surface area contributed by atoms with Gasteiger partial charge in [-0.05, 0) is 82.4 Å². The number of aromatic nitrogens is 2. The van der Waals surface area contributed by atoms with Crippen LogP contribution in [-0.4, -0.2) is 37.0 Å². The molecule has 33 heavy (non-hydrogen) atoms. The van der Waals surface area contributed by atoms with E-state index in [1.54, 1.807) is 13.0 Å². The Bertz CT molecular complexity index is 1150. The second-order valence-electron chi connectivity index (χ2n) is 9.99. The lowest BCUT2D eigenvalue weighted by molar-refractivity contribution is 0.0458. The molecule has 178 valence electrons. The zero-order valence-electron chi connectivity index (χ0n) is 20.2. The van der Waals surface area contributed by atoms with Crippen LogP contribution in [0.15, 0.2) is 30.3 Å². The number of esters is 1. The van der Waals surface area contributed by atoms with Gasteiger partial charge in [-0.3, -0.25) is 0 Å². The molecular weight excluding hydrogens is 550 g/mol. The molecule has 0 aliphatic heterocycles. The second-order valence-corrected chi connectivity index (χ2v) is 16.6. The zero-order valence-corrected chi connectivity index (χ0v) is 23.3. The van der Waals surface area contributed by atoms with E-state index in [-0.39, 0.29) is 11.5 Å². The lowest BCUT2D eigenvalue weighted by Gasteiger charge is -2.15. The number of benzene rings is 2. The first-order valence-corrected chi connectivity index (χ1v) is 16.0. The largest absolute Gasteiger partial charge is 0.462 e. The molecule has 0 fully saturated rings. The van der Waals surface area contributed by atoms with Crippen molar-refractivity contribution >= 4 is 47.5 Å². The molecule has 1 aromatic heterocycles. The van der Waals surface area contributed by atoms with Gasteiger partial charge >= 0.3 is 5.97 Å². The Morgan fingerprint density at radius 3 is 2.61 bits per heavy atom. The van der Waals surface area contributed by atoms with Gasteiger partial charge in [0.25, 0.3) is 0 Å². The minimum Gasteiger partial charge on any atom is -0.462 e. The number of carbonyl (C=O) groups is 1. The summed E-state index contributed by atoms with van der Waals surface area (Å²) >= 11 is 2.22. The third kappa shape index (κ3) is 6.63. The van der Waals surface area contributed by atoms with Crippen LogP contribution in [0.5, 0.6) is 0 Å². The molecule has 0 bridgehead atoms. The van der Waals surface area contributed by atoms with Crippen molar-refractivity contribution < 1.29 is 18.7 Å². The Hall–Kier alpha value is -1.78. The molecule has 3 aromatic rings. The van der Waals surface area contributed by atoms with E-state index in [0.29, 0.717) is 31.1 Å².